The van der Waals surface area contributed by atoms with Crippen molar-refractivity contribution in [1.82, 2.24) is 5.32 Å². The van der Waals surface area contributed by atoms with Gasteiger partial charge < -0.3 is 19.9 Å². The van der Waals surface area contributed by atoms with E-state index in [4.69, 9.17) is 14.6 Å². The normalized spacial score (nSPS) is 12.1. The van der Waals surface area contributed by atoms with Crippen molar-refractivity contribution in [3.05, 3.63) is 29.8 Å². The van der Waals surface area contributed by atoms with Crippen LogP contribution in [0.4, 0.5) is 0 Å². The molecule has 0 radical (unpaired) electrons. The highest BCUT2D eigenvalue weighted by Crippen LogP contribution is 2.13. The average molecular weight is 295 g/mol. The van der Waals surface area contributed by atoms with Gasteiger partial charge in [0, 0.05) is 13.5 Å². The first-order valence-electron chi connectivity index (χ1n) is 7.34. The highest BCUT2D eigenvalue weighted by molar-refractivity contribution is 5.73. The van der Waals surface area contributed by atoms with Crippen molar-refractivity contribution >= 4 is 5.97 Å². The zero-order chi connectivity index (χ0) is 15.5. The van der Waals surface area contributed by atoms with Crippen LogP contribution in [0.25, 0.3) is 0 Å². The van der Waals surface area contributed by atoms with E-state index in [1.165, 1.54) is 5.56 Å². The lowest BCUT2D eigenvalue weighted by Gasteiger charge is -2.14. The van der Waals surface area contributed by atoms with E-state index in [-0.39, 0.29) is 0 Å². The largest absolute Gasteiger partial charge is 0.494 e. The van der Waals surface area contributed by atoms with Gasteiger partial charge in [-0.05, 0) is 37.1 Å². The van der Waals surface area contributed by atoms with Crippen molar-refractivity contribution in [2.75, 3.05) is 26.9 Å². The molecule has 0 aliphatic heterocycles. The smallest absolute Gasteiger partial charge is 0.320 e. The van der Waals surface area contributed by atoms with E-state index in [9.17, 15) is 4.79 Å². The molecule has 1 unspecified atom stereocenters. The first-order valence-corrected chi connectivity index (χ1v) is 7.34. The van der Waals surface area contributed by atoms with Gasteiger partial charge in [-0.25, -0.2) is 0 Å². The molecule has 2 N–H and O–H groups in total. The Labute approximate surface area is 126 Å². The van der Waals surface area contributed by atoms with Crippen LogP contribution in [-0.2, 0) is 16.0 Å². The second-order valence-corrected chi connectivity index (χ2v) is 4.87. The molecule has 0 bridgehead atoms. The molecule has 0 saturated heterocycles. The fourth-order valence-electron chi connectivity index (χ4n) is 1.90. The topological polar surface area (TPSA) is 67.8 Å². The van der Waals surface area contributed by atoms with Gasteiger partial charge in [-0.3, -0.25) is 4.79 Å². The Balaban J connectivity index is 2.34. The number of carbonyl (C=O) groups is 1. The Morgan fingerprint density at radius 1 is 1.29 bits per heavy atom. The van der Waals surface area contributed by atoms with Crippen molar-refractivity contribution < 1.29 is 19.4 Å². The minimum atomic E-state index is -0.832. The lowest BCUT2D eigenvalue weighted by molar-refractivity contribution is -0.139. The number of rotatable bonds is 11. The van der Waals surface area contributed by atoms with E-state index in [0.29, 0.717) is 26.2 Å². The van der Waals surface area contributed by atoms with Gasteiger partial charge in [0.25, 0.3) is 0 Å². The number of carboxylic acid groups (broad SMARTS) is 1. The zero-order valence-electron chi connectivity index (χ0n) is 12.8. The van der Waals surface area contributed by atoms with Gasteiger partial charge in [0.1, 0.15) is 11.8 Å². The zero-order valence-corrected chi connectivity index (χ0v) is 12.8. The summed E-state index contributed by atoms with van der Waals surface area (Å²) in [5.74, 6) is -0.0715. The molecule has 0 spiro atoms. The fourth-order valence-corrected chi connectivity index (χ4v) is 1.90. The SMILES string of the molecule is CCCNC(CCOc1ccc(CCOC)cc1)C(=O)O. The van der Waals surface area contributed by atoms with Gasteiger partial charge in [0.2, 0.25) is 0 Å². The van der Waals surface area contributed by atoms with E-state index < -0.39 is 12.0 Å². The lowest BCUT2D eigenvalue weighted by Crippen LogP contribution is -2.38. The molecule has 0 amide bonds. The fraction of sp³-hybridized carbons (Fsp3) is 0.562. The van der Waals surface area contributed by atoms with E-state index in [1.807, 2.05) is 31.2 Å². The quantitative estimate of drug-likeness (QED) is 0.654. The molecule has 1 aromatic rings. The third-order valence-electron chi connectivity index (χ3n) is 3.13. The molecular formula is C16H25NO4. The molecule has 0 aliphatic carbocycles. The molecule has 5 nitrogen and oxygen atoms in total. The van der Waals surface area contributed by atoms with Crippen molar-refractivity contribution in [2.24, 2.45) is 0 Å². The molecule has 21 heavy (non-hydrogen) atoms. The van der Waals surface area contributed by atoms with Gasteiger partial charge in [-0.1, -0.05) is 19.1 Å². The summed E-state index contributed by atoms with van der Waals surface area (Å²) >= 11 is 0. The average Bonchev–Trinajstić information content (AvgIpc) is 2.49. The highest BCUT2D eigenvalue weighted by Gasteiger charge is 2.15. The Bertz CT molecular complexity index is 405. The Hall–Kier alpha value is -1.59. The molecule has 0 heterocycles. The number of hydrogen-bond donors (Lipinski definition) is 2. The maximum Gasteiger partial charge on any atom is 0.320 e. The minimum Gasteiger partial charge on any atom is -0.494 e. The summed E-state index contributed by atoms with van der Waals surface area (Å²) in [5.41, 5.74) is 1.19. The molecule has 5 heteroatoms. The third-order valence-corrected chi connectivity index (χ3v) is 3.13. The molecular weight excluding hydrogens is 270 g/mol. The van der Waals surface area contributed by atoms with Gasteiger partial charge >= 0.3 is 5.97 Å². The molecule has 1 atom stereocenters. The van der Waals surface area contributed by atoms with Crippen LogP contribution in [0.5, 0.6) is 5.75 Å². The van der Waals surface area contributed by atoms with E-state index in [0.717, 1.165) is 18.6 Å². The maximum atomic E-state index is 11.1. The van der Waals surface area contributed by atoms with E-state index >= 15 is 0 Å². The Kier molecular flexibility index (Phi) is 8.47. The highest BCUT2D eigenvalue weighted by atomic mass is 16.5. The summed E-state index contributed by atoms with van der Waals surface area (Å²) in [7, 11) is 1.68. The second kappa shape index (κ2) is 10.2. The van der Waals surface area contributed by atoms with Gasteiger partial charge in [0.05, 0.1) is 13.2 Å². The number of benzene rings is 1. The van der Waals surface area contributed by atoms with Gasteiger partial charge in [0.15, 0.2) is 0 Å². The molecule has 0 aromatic heterocycles. The Morgan fingerprint density at radius 2 is 2.00 bits per heavy atom. The number of carboxylic acids is 1. The molecule has 0 aliphatic rings. The molecule has 0 saturated carbocycles. The van der Waals surface area contributed by atoms with E-state index in [1.54, 1.807) is 7.11 Å². The number of ether oxygens (including phenoxy) is 2. The second-order valence-electron chi connectivity index (χ2n) is 4.87. The van der Waals surface area contributed by atoms with Crippen LogP contribution in [0.3, 0.4) is 0 Å². The van der Waals surface area contributed by atoms with Crippen LogP contribution in [-0.4, -0.2) is 44.0 Å². The van der Waals surface area contributed by atoms with Crippen molar-refractivity contribution in [3.63, 3.8) is 0 Å². The predicted molar refractivity (Wildman–Crippen MR) is 81.9 cm³/mol. The van der Waals surface area contributed by atoms with Crippen LogP contribution in [0, 0.1) is 0 Å². The number of hydrogen-bond acceptors (Lipinski definition) is 4. The number of nitrogens with one attached hydrogen (secondary N) is 1. The summed E-state index contributed by atoms with van der Waals surface area (Å²) < 4.78 is 10.6. The monoisotopic (exact) mass is 295 g/mol. The van der Waals surface area contributed by atoms with Crippen molar-refractivity contribution in [2.45, 2.75) is 32.2 Å². The lowest BCUT2D eigenvalue weighted by atomic mass is 10.1. The summed E-state index contributed by atoms with van der Waals surface area (Å²) in [6, 6.07) is 7.25. The van der Waals surface area contributed by atoms with Crippen molar-refractivity contribution in [3.8, 4) is 5.75 Å². The van der Waals surface area contributed by atoms with Crippen LogP contribution < -0.4 is 10.1 Å². The van der Waals surface area contributed by atoms with Crippen LogP contribution in [0.15, 0.2) is 24.3 Å². The maximum absolute atomic E-state index is 11.1. The van der Waals surface area contributed by atoms with Crippen molar-refractivity contribution in [1.29, 1.82) is 0 Å². The summed E-state index contributed by atoms with van der Waals surface area (Å²) in [6.45, 7) is 3.79. The summed E-state index contributed by atoms with van der Waals surface area (Å²) in [5, 5.41) is 12.1. The predicted octanol–water partition coefficient (Wildman–Crippen LogP) is 2.10. The molecule has 0 fully saturated rings. The van der Waals surface area contributed by atoms with Crippen LogP contribution in [0.2, 0.25) is 0 Å². The standard InChI is InChI=1S/C16H25NO4/c1-3-10-17-15(16(18)19)9-12-21-14-6-4-13(5-7-14)8-11-20-2/h4-7,15,17H,3,8-12H2,1-2H3,(H,18,19). The molecule has 118 valence electrons. The molecule has 1 aromatic carbocycles. The minimum absolute atomic E-state index is 0.380. The first-order chi connectivity index (χ1) is 10.2. The van der Waals surface area contributed by atoms with Crippen LogP contribution in [0.1, 0.15) is 25.3 Å². The third kappa shape index (κ3) is 7.11. The number of aliphatic carboxylic acids is 1. The van der Waals surface area contributed by atoms with Gasteiger partial charge in [-0.15, -0.1) is 0 Å². The summed E-state index contributed by atoms with van der Waals surface area (Å²) in [6.07, 6.45) is 2.23. The summed E-state index contributed by atoms with van der Waals surface area (Å²) in [4.78, 5) is 11.1. The first kappa shape index (κ1) is 17.5. The Morgan fingerprint density at radius 3 is 2.57 bits per heavy atom. The van der Waals surface area contributed by atoms with Gasteiger partial charge in [-0.2, -0.15) is 0 Å². The van der Waals surface area contributed by atoms with E-state index in [2.05, 4.69) is 5.32 Å². The van der Waals surface area contributed by atoms with Crippen LogP contribution >= 0.6 is 0 Å². The number of methoxy groups -OCH3 is 1. The molecule has 1 rings (SSSR count).